The van der Waals surface area contributed by atoms with Crippen molar-refractivity contribution < 1.29 is 8.97 Å². The van der Waals surface area contributed by atoms with Crippen LogP contribution in [-0.2, 0) is 0 Å². The third kappa shape index (κ3) is 6.74. The molecule has 2 heteroatoms. The second kappa shape index (κ2) is 9.42. The van der Waals surface area contributed by atoms with Crippen LogP contribution >= 0.6 is 0 Å². The molecule has 3 heterocycles. The summed E-state index contributed by atoms with van der Waals surface area (Å²) in [5, 5.41) is 0. The lowest BCUT2D eigenvalue weighted by atomic mass is 9.85. The lowest BCUT2D eigenvalue weighted by Crippen LogP contribution is -2.58. The fourth-order valence-electron chi connectivity index (χ4n) is 4.68. The van der Waals surface area contributed by atoms with E-state index in [-0.39, 0.29) is 0 Å². The molecule has 3 rings (SSSR count). The molecule has 0 atom stereocenters. The highest BCUT2D eigenvalue weighted by atomic mass is 15.4. The molecule has 136 valence electrons. The Bertz CT molecular complexity index is 302. The van der Waals surface area contributed by atoms with Crippen molar-refractivity contribution in [3.63, 3.8) is 0 Å². The number of piperidine rings is 3. The van der Waals surface area contributed by atoms with Crippen molar-refractivity contribution in [1.82, 2.24) is 0 Å². The maximum atomic E-state index is 2.36. The van der Waals surface area contributed by atoms with Crippen LogP contribution in [0.15, 0.2) is 0 Å². The highest BCUT2D eigenvalue weighted by Crippen LogP contribution is 2.33. The molecule has 2 nitrogen and oxygen atoms in total. The van der Waals surface area contributed by atoms with Gasteiger partial charge in [-0.15, -0.1) is 0 Å². The molecule has 2 bridgehead atoms. The van der Waals surface area contributed by atoms with E-state index >= 15 is 0 Å². The van der Waals surface area contributed by atoms with Crippen LogP contribution < -0.4 is 0 Å². The van der Waals surface area contributed by atoms with Gasteiger partial charge in [-0.05, 0) is 57.8 Å². The van der Waals surface area contributed by atoms with Gasteiger partial charge >= 0.3 is 0 Å². The molecule has 0 unspecified atom stereocenters. The van der Waals surface area contributed by atoms with Gasteiger partial charge in [0.15, 0.2) is 0 Å². The Labute approximate surface area is 146 Å². The quantitative estimate of drug-likeness (QED) is 0.356. The number of rotatable bonds is 12. The van der Waals surface area contributed by atoms with E-state index in [1.54, 1.807) is 0 Å². The summed E-state index contributed by atoms with van der Waals surface area (Å²) in [6, 6.07) is 0. The zero-order chi connectivity index (χ0) is 16.6. The maximum Gasteiger partial charge on any atom is 0.0789 e. The smallest absolute Gasteiger partial charge is 0.0789 e. The van der Waals surface area contributed by atoms with E-state index in [0.29, 0.717) is 0 Å². The van der Waals surface area contributed by atoms with Gasteiger partial charge in [-0.2, -0.15) is 0 Å². The molecule has 0 radical (unpaired) electrons. The molecule has 0 aromatic carbocycles. The average molecular weight is 325 g/mol. The van der Waals surface area contributed by atoms with Gasteiger partial charge < -0.3 is 8.97 Å². The van der Waals surface area contributed by atoms with E-state index in [1.165, 1.54) is 119 Å². The molecular formula is C21H44N2+2. The first-order valence-corrected chi connectivity index (χ1v) is 10.7. The van der Waals surface area contributed by atoms with Crippen molar-refractivity contribution in [2.75, 3.05) is 53.4 Å². The Morgan fingerprint density at radius 3 is 1.74 bits per heavy atom. The largest absolute Gasteiger partial charge is 0.329 e. The Morgan fingerprint density at radius 2 is 1.22 bits per heavy atom. The van der Waals surface area contributed by atoms with Gasteiger partial charge in [0.2, 0.25) is 0 Å². The molecular weight excluding hydrogens is 280 g/mol. The number of unbranched alkanes of at least 4 members (excludes halogenated alkanes) is 7. The van der Waals surface area contributed by atoms with Crippen LogP contribution in [0.2, 0.25) is 0 Å². The standard InChI is InChI=1S/C21H44N2/c1-4-22(2,3)16-11-9-7-5-6-8-10-12-17-23-18-13-21(14-19-23)15-20-23/h21H,4-20H2,1-3H3/q+2. The van der Waals surface area contributed by atoms with Crippen LogP contribution in [0.5, 0.6) is 0 Å². The topological polar surface area (TPSA) is 0 Å². The molecule has 0 aromatic heterocycles. The van der Waals surface area contributed by atoms with Crippen LogP contribution in [0.4, 0.5) is 0 Å². The number of quaternary nitrogens is 2. The van der Waals surface area contributed by atoms with E-state index in [9.17, 15) is 0 Å². The van der Waals surface area contributed by atoms with Gasteiger partial charge in [0.05, 0.1) is 53.4 Å². The Morgan fingerprint density at radius 1 is 0.739 bits per heavy atom. The van der Waals surface area contributed by atoms with E-state index in [0.717, 1.165) is 5.92 Å². The molecule has 3 aliphatic rings. The third-order valence-corrected chi connectivity index (χ3v) is 7.04. The first-order chi connectivity index (χ1) is 11.1. The molecule has 3 fully saturated rings. The molecule has 3 aliphatic heterocycles. The number of hydrogen-bond donors (Lipinski definition) is 0. The van der Waals surface area contributed by atoms with E-state index in [2.05, 4.69) is 21.0 Å². The Kier molecular flexibility index (Phi) is 7.88. The summed E-state index contributed by atoms with van der Waals surface area (Å²) < 4.78 is 2.70. The molecule has 0 amide bonds. The summed E-state index contributed by atoms with van der Waals surface area (Å²) in [5.74, 6) is 1.11. The van der Waals surface area contributed by atoms with Crippen molar-refractivity contribution in [2.45, 2.75) is 77.6 Å². The normalized spacial score (nSPS) is 27.5. The third-order valence-electron chi connectivity index (χ3n) is 7.04. The average Bonchev–Trinajstić information content (AvgIpc) is 2.58. The molecule has 0 spiro atoms. The second-order valence-electron chi connectivity index (χ2n) is 9.27. The number of fused-ring (bicyclic) bond motifs is 3. The van der Waals surface area contributed by atoms with E-state index in [1.807, 2.05) is 0 Å². The minimum absolute atomic E-state index is 1.11. The summed E-state index contributed by atoms with van der Waals surface area (Å²) in [4.78, 5) is 0. The fourth-order valence-corrected chi connectivity index (χ4v) is 4.68. The van der Waals surface area contributed by atoms with Crippen molar-refractivity contribution in [3.05, 3.63) is 0 Å². The second-order valence-corrected chi connectivity index (χ2v) is 9.27. The molecule has 0 saturated carbocycles. The monoisotopic (exact) mass is 324 g/mol. The first kappa shape index (κ1) is 19.2. The van der Waals surface area contributed by atoms with E-state index in [4.69, 9.17) is 0 Å². The minimum atomic E-state index is 1.11. The fraction of sp³-hybridized carbons (Fsp3) is 1.00. The van der Waals surface area contributed by atoms with Crippen molar-refractivity contribution >= 4 is 0 Å². The van der Waals surface area contributed by atoms with Gasteiger partial charge in [0.1, 0.15) is 0 Å². The summed E-state index contributed by atoms with van der Waals surface area (Å²) in [7, 11) is 4.72. The van der Waals surface area contributed by atoms with Gasteiger partial charge in [-0.3, -0.25) is 0 Å². The van der Waals surface area contributed by atoms with Crippen LogP contribution in [0.25, 0.3) is 0 Å². The van der Waals surface area contributed by atoms with Gasteiger partial charge in [0.25, 0.3) is 0 Å². The summed E-state index contributed by atoms with van der Waals surface area (Å²) in [5.41, 5.74) is 0. The number of hydrogen-bond acceptors (Lipinski definition) is 0. The highest BCUT2D eigenvalue weighted by molar-refractivity contribution is 4.71. The molecule has 3 saturated heterocycles. The molecule has 0 aliphatic carbocycles. The van der Waals surface area contributed by atoms with Gasteiger partial charge in [0, 0.05) is 0 Å². The van der Waals surface area contributed by atoms with Crippen LogP contribution in [0.3, 0.4) is 0 Å². The van der Waals surface area contributed by atoms with Crippen molar-refractivity contribution in [3.8, 4) is 0 Å². The predicted molar refractivity (Wildman–Crippen MR) is 102 cm³/mol. The van der Waals surface area contributed by atoms with Gasteiger partial charge in [-0.25, -0.2) is 0 Å². The van der Waals surface area contributed by atoms with Crippen LogP contribution in [-0.4, -0.2) is 62.3 Å². The van der Waals surface area contributed by atoms with Crippen LogP contribution in [0, 0.1) is 5.92 Å². The molecule has 0 N–H and O–H groups in total. The summed E-state index contributed by atoms with van der Waals surface area (Å²) in [6.07, 6.45) is 16.4. The Balaban J connectivity index is 1.38. The number of nitrogens with zero attached hydrogens (tertiary/aromatic N) is 2. The van der Waals surface area contributed by atoms with E-state index < -0.39 is 0 Å². The first-order valence-electron chi connectivity index (χ1n) is 10.7. The zero-order valence-corrected chi connectivity index (χ0v) is 16.5. The maximum absolute atomic E-state index is 2.36. The summed E-state index contributed by atoms with van der Waals surface area (Å²) in [6.45, 7) is 11.0. The van der Waals surface area contributed by atoms with Crippen LogP contribution in [0.1, 0.15) is 77.6 Å². The molecule has 0 aromatic rings. The lowest BCUT2D eigenvalue weighted by molar-refractivity contribution is -0.942. The minimum Gasteiger partial charge on any atom is -0.329 e. The lowest BCUT2D eigenvalue weighted by Gasteiger charge is -2.49. The summed E-state index contributed by atoms with van der Waals surface area (Å²) >= 11 is 0. The predicted octanol–water partition coefficient (Wildman–Crippen LogP) is 4.83. The SMILES string of the molecule is CC[N+](C)(C)CCCCCCCCCC[N+]12CCC(CC1)CC2. The van der Waals surface area contributed by atoms with Gasteiger partial charge in [-0.1, -0.05) is 25.7 Å². The zero-order valence-electron chi connectivity index (χ0n) is 16.5. The Hall–Kier alpha value is -0.0800. The van der Waals surface area contributed by atoms with Crippen molar-refractivity contribution in [2.24, 2.45) is 5.92 Å². The molecule has 23 heavy (non-hydrogen) atoms. The highest BCUT2D eigenvalue weighted by Gasteiger charge is 2.38. The van der Waals surface area contributed by atoms with Crippen molar-refractivity contribution in [1.29, 1.82) is 0 Å².